The van der Waals surface area contributed by atoms with Gasteiger partial charge in [0, 0.05) is 15.4 Å². The third-order valence-corrected chi connectivity index (χ3v) is 3.42. The zero-order valence-electron chi connectivity index (χ0n) is 8.73. The summed E-state index contributed by atoms with van der Waals surface area (Å²) in [5.74, 6) is 0.499. The summed E-state index contributed by atoms with van der Waals surface area (Å²) in [5, 5.41) is 2.30. The predicted octanol–water partition coefficient (Wildman–Crippen LogP) is 5.43. The van der Waals surface area contributed by atoms with E-state index in [0.717, 1.165) is 15.9 Å². The number of halogens is 3. The highest BCUT2D eigenvalue weighted by molar-refractivity contribution is 9.09. The average molecular weight is 308 g/mol. The normalized spacial score (nSPS) is 12.3. The van der Waals surface area contributed by atoms with Crippen LogP contribution in [0.1, 0.15) is 19.4 Å². The zero-order valence-corrected chi connectivity index (χ0v) is 11.8. The summed E-state index contributed by atoms with van der Waals surface area (Å²) in [6, 6.07) is 5.50. The van der Waals surface area contributed by atoms with Crippen molar-refractivity contribution in [2.75, 3.05) is 5.33 Å². The van der Waals surface area contributed by atoms with E-state index in [-0.39, 0.29) is 0 Å². The maximum absolute atomic E-state index is 6.08. The van der Waals surface area contributed by atoms with E-state index in [4.69, 9.17) is 23.2 Å². The van der Waals surface area contributed by atoms with Crippen LogP contribution in [0.5, 0.6) is 0 Å². The van der Waals surface area contributed by atoms with Gasteiger partial charge < -0.3 is 0 Å². The van der Waals surface area contributed by atoms with Gasteiger partial charge in [-0.15, -0.1) is 0 Å². The van der Waals surface area contributed by atoms with Crippen LogP contribution in [-0.4, -0.2) is 5.33 Å². The molecule has 0 aliphatic carbocycles. The highest BCUT2D eigenvalue weighted by atomic mass is 79.9. The molecule has 82 valence electrons. The van der Waals surface area contributed by atoms with Crippen LogP contribution in [0, 0.1) is 5.92 Å². The molecule has 0 saturated heterocycles. The van der Waals surface area contributed by atoms with Crippen molar-refractivity contribution in [3.8, 4) is 0 Å². The number of benzene rings is 1. The van der Waals surface area contributed by atoms with Crippen LogP contribution in [-0.2, 0) is 0 Å². The van der Waals surface area contributed by atoms with Gasteiger partial charge in [-0.2, -0.15) is 0 Å². The molecule has 0 atom stereocenters. The molecular weight excluding hydrogens is 295 g/mol. The Hall–Kier alpha value is 0.0200. The number of alkyl halides is 1. The zero-order chi connectivity index (χ0) is 11.4. The molecule has 0 spiro atoms. The largest absolute Gasteiger partial charge is 0.0880 e. The summed E-state index contributed by atoms with van der Waals surface area (Å²) < 4.78 is 0. The fraction of sp³-hybridized carbons (Fsp3) is 0.333. The van der Waals surface area contributed by atoms with Gasteiger partial charge in [-0.3, -0.25) is 0 Å². The van der Waals surface area contributed by atoms with Gasteiger partial charge in [-0.1, -0.05) is 64.6 Å². The minimum Gasteiger partial charge on any atom is -0.0880 e. The van der Waals surface area contributed by atoms with Crippen LogP contribution < -0.4 is 0 Å². The third kappa shape index (κ3) is 3.82. The van der Waals surface area contributed by atoms with Crippen LogP contribution in [0.3, 0.4) is 0 Å². The summed E-state index contributed by atoms with van der Waals surface area (Å²) in [5.41, 5.74) is 2.28. The summed E-state index contributed by atoms with van der Waals surface area (Å²) in [6.07, 6.45) is 2.09. The first-order chi connectivity index (χ1) is 7.04. The van der Waals surface area contributed by atoms with Crippen molar-refractivity contribution < 1.29 is 0 Å². The Kier molecular flexibility index (Phi) is 5.17. The topological polar surface area (TPSA) is 0 Å². The lowest BCUT2D eigenvalue weighted by Gasteiger charge is -2.08. The number of hydrogen-bond acceptors (Lipinski definition) is 0. The van der Waals surface area contributed by atoms with E-state index in [1.54, 1.807) is 6.07 Å². The average Bonchev–Trinajstić information content (AvgIpc) is 2.18. The molecule has 0 heterocycles. The highest BCUT2D eigenvalue weighted by Crippen LogP contribution is 2.25. The summed E-state index contributed by atoms with van der Waals surface area (Å²) >= 11 is 15.5. The van der Waals surface area contributed by atoms with Crippen molar-refractivity contribution in [2.45, 2.75) is 13.8 Å². The van der Waals surface area contributed by atoms with Crippen LogP contribution in [0.4, 0.5) is 0 Å². The molecule has 0 aliphatic heterocycles. The van der Waals surface area contributed by atoms with E-state index < -0.39 is 0 Å². The van der Waals surface area contributed by atoms with Gasteiger partial charge in [0.2, 0.25) is 0 Å². The lowest BCUT2D eigenvalue weighted by atomic mass is 10.0. The first-order valence-corrected chi connectivity index (χ1v) is 6.63. The van der Waals surface area contributed by atoms with Gasteiger partial charge in [-0.25, -0.2) is 0 Å². The minimum absolute atomic E-state index is 0.499. The summed E-state index contributed by atoms with van der Waals surface area (Å²) in [4.78, 5) is 0. The minimum atomic E-state index is 0.499. The monoisotopic (exact) mass is 306 g/mol. The molecular formula is C12H13BrCl2. The van der Waals surface area contributed by atoms with Crippen molar-refractivity contribution in [1.29, 1.82) is 0 Å². The highest BCUT2D eigenvalue weighted by Gasteiger charge is 2.04. The second-order valence-electron chi connectivity index (χ2n) is 3.67. The molecule has 1 rings (SSSR count). The Morgan fingerprint density at radius 2 is 2.07 bits per heavy atom. The predicted molar refractivity (Wildman–Crippen MR) is 73.1 cm³/mol. The molecule has 0 aromatic heterocycles. The lowest BCUT2D eigenvalue weighted by molar-refractivity contribution is 0.781. The molecule has 0 radical (unpaired) electrons. The lowest BCUT2D eigenvalue weighted by Crippen LogP contribution is -1.95. The molecule has 3 heteroatoms. The fourth-order valence-corrected chi connectivity index (χ4v) is 2.35. The molecule has 0 aliphatic rings. The van der Waals surface area contributed by atoms with E-state index in [1.165, 1.54) is 5.57 Å². The first kappa shape index (κ1) is 13.1. The Bertz CT molecular complexity index is 370. The van der Waals surface area contributed by atoms with Crippen molar-refractivity contribution in [3.05, 3.63) is 39.4 Å². The fourth-order valence-electron chi connectivity index (χ4n) is 1.18. The number of rotatable bonds is 3. The van der Waals surface area contributed by atoms with Gasteiger partial charge in [0.1, 0.15) is 0 Å². The smallest absolute Gasteiger partial charge is 0.0479 e. The SMILES string of the molecule is CC(C)/C(=C/c1cc(Cl)ccc1Cl)CBr. The second kappa shape index (κ2) is 5.93. The maximum atomic E-state index is 6.08. The third-order valence-electron chi connectivity index (χ3n) is 2.19. The van der Waals surface area contributed by atoms with Crippen LogP contribution in [0.15, 0.2) is 23.8 Å². The van der Waals surface area contributed by atoms with Gasteiger partial charge in [0.25, 0.3) is 0 Å². The van der Waals surface area contributed by atoms with E-state index in [1.807, 2.05) is 12.1 Å². The van der Waals surface area contributed by atoms with Gasteiger partial charge in [0.05, 0.1) is 0 Å². The number of hydrogen-bond donors (Lipinski definition) is 0. The molecule has 1 aromatic carbocycles. The Morgan fingerprint density at radius 1 is 1.40 bits per heavy atom. The molecule has 15 heavy (non-hydrogen) atoms. The van der Waals surface area contributed by atoms with Crippen molar-refractivity contribution >= 4 is 45.2 Å². The summed E-state index contributed by atoms with van der Waals surface area (Å²) in [7, 11) is 0. The number of allylic oxidation sites excluding steroid dienone is 1. The Balaban J connectivity index is 3.10. The molecule has 0 nitrogen and oxygen atoms in total. The first-order valence-electron chi connectivity index (χ1n) is 4.76. The molecule has 0 saturated carbocycles. The molecule has 0 fully saturated rings. The Labute approximate surface area is 109 Å². The molecule has 0 bridgehead atoms. The van der Waals surface area contributed by atoms with Crippen LogP contribution in [0.2, 0.25) is 10.0 Å². The molecule has 0 unspecified atom stereocenters. The molecule has 0 amide bonds. The molecule has 1 aromatic rings. The quantitative estimate of drug-likeness (QED) is 0.653. The van der Waals surface area contributed by atoms with Gasteiger partial charge in [0.15, 0.2) is 0 Å². The van der Waals surface area contributed by atoms with Crippen molar-refractivity contribution in [3.63, 3.8) is 0 Å². The van der Waals surface area contributed by atoms with E-state index >= 15 is 0 Å². The standard InChI is InChI=1S/C12H13BrCl2/c1-8(2)10(7-13)5-9-6-11(14)3-4-12(9)15/h3-6,8H,7H2,1-2H3/b10-5+. The van der Waals surface area contributed by atoms with Crippen molar-refractivity contribution in [1.82, 2.24) is 0 Å². The van der Waals surface area contributed by atoms with Crippen LogP contribution in [0.25, 0.3) is 6.08 Å². The Morgan fingerprint density at radius 3 is 2.60 bits per heavy atom. The van der Waals surface area contributed by atoms with Gasteiger partial charge >= 0.3 is 0 Å². The van der Waals surface area contributed by atoms with Gasteiger partial charge in [-0.05, 0) is 29.7 Å². The van der Waals surface area contributed by atoms with E-state index in [2.05, 4.69) is 35.9 Å². The summed E-state index contributed by atoms with van der Waals surface area (Å²) in [6.45, 7) is 4.32. The maximum Gasteiger partial charge on any atom is 0.0479 e. The second-order valence-corrected chi connectivity index (χ2v) is 5.08. The van der Waals surface area contributed by atoms with Crippen molar-refractivity contribution in [2.24, 2.45) is 5.92 Å². The van der Waals surface area contributed by atoms with E-state index in [0.29, 0.717) is 10.9 Å². The molecule has 0 N–H and O–H groups in total. The van der Waals surface area contributed by atoms with Crippen LogP contribution >= 0.6 is 39.1 Å². The van der Waals surface area contributed by atoms with E-state index in [9.17, 15) is 0 Å².